The molecular weight excluding hydrogens is 268 g/mol. The molecule has 80 valence electrons. The molecule has 0 radical (unpaired) electrons. The largest absolute Gasteiger partial charge is 0.461 e. The topological polar surface area (TPSA) is 82.3 Å². The molecule has 7 heteroatoms. The zero-order valence-electron chi connectivity index (χ0n) is 7.77. The van der Waals surface area contributed by atoms with Crippen molar-refractivity contribution in [3.05, 3.63) is 32.5 Å². The van der Waals surface area contributed by atoms with Crippen molar-refractivity contribution in [2.45, 2.75) is 6.92 Å². The Morgan fingerprint density at radius 3 is 2.93 bits per heavy atom. The van der Waals surface area contributed by atoms with E-state index >= 15 is 0 Å². The molecule has 0 bridgehead atoms. The number of ether oxygens (including phenoxy) is 1. The lowest BCUT2D eigenvalue weighted by atomic mass is 10.3. The summed E-state index contributed by atoms with van der Waals surface area (Å²) in [6, 6.07) is 1.21. The maximum Gasteiger partial charge on any atom is 0.364 e. The van der Waals surface area contributed by atoms with E-state index in [9.17, 15) is 14.9 Å². The van der Waals surface area contributed by atoms with Crippen LogP contribution in [0, 0.1) is 10.1 Å². The van der Waals surface area contributed by atoms with Crippen molar-refractivity contribution in [2.75, 3.05) is 6.61 Å². The number of halogens is 1. The van der Waals surface area contributed by atoms with Crippen molar-refractivity contribution in [1.82, 2.24) is 4.98 Å². The number of rotatable bonds is 3. The van der Waals surface area contributed by atoms with Gasteiger partial charge in [0.25, 0.3) is 0 Å². The summed E-state index contributed by atoms with van der Waals surface area (Å²) in [6.45, 7) is 1.76. The van der Waals surface area contributed by atoms with Gasteiger partial charge in [0.15, 0.2) is 0 Å². The number of carbonyl (C=O) groups is 1. The number of nitrogens with zero attached hydrogens (tertiary/aromatic N) is 2. The van der Waals surface area contributed by atoms with Crippen LogP contribution in [0.25, 0.3) is 0 Å². The van der Waals surface area contributed by atoms with Crippen molar-refractivity contribution in [1.29, 1.82) is 0 Å². The second-order valence-electron chi connectivity index (χ2n) is 2.50. The summed E-state index contributed by atoms with van der Waals surface area (Å²) in [6.07, 6.45) is 1.30. The van der Waals surface area contributed by atoms with Crippen LogP contribution in [0.5, 0.6) is 0 Å². The van der Waals surface area contributed by atoms with Crippen molar-refractivity contribution >= 4 is 27.6 Å². The highest BCUT2D eigenvalue weighted by molar-refractivity contribution is 9.10. The standard InChI is InChI=1S/C8H7BrN2O4/c1-2-15-8(12)7-6(11(13)14)3-5(9)4-10-7/h3-4H,2H2,1H3. The molecule has 0 unspecified atom stereocenters. The summed E-state index contributed by atoms with van der Waals surface area (Å²) in [5.41, 5.74) is -0.659. The van der Waals surface area contributed by atoms with E-state index in [2.05, 4.69) is 25.7 Å². The first-order chi connectivity index (χ1) is 7.06. The Morgan fingerprint density at radius 2 is 2.40 bits per heavy atom. The van der Waals surface area contributed by atoms with Crippen molar-refractivity contribution in [2.24, 2.45) is 0 Å². The van der Waals surface area contributed by atoms with Gasteiger partial charge in [-0.2, -0.15) is 0 Å². The minimum absolute atomic E-state index is 0.147. The smallest absolute Gasteiger partial charge is 0.364 e. The van der Waals surface area contributed by atoms with Crippen LogP contribution in [0.2, 0.25) is 0 Å². The molecule has 15 heavy (non-hydrogen) atoms. The minimum Gasteiger partial charge on any atom is -0.461 e. The molecule has 0 aliphatic heterocycles. The fourth-order valence-corrected chi connectivity index (χ4v) is 1.24. The lowest BCUT2D eigenvalue weighted by Gasteiger charge is -2.01. The third kappa shape index (κ3) is 2.72. The molecule has 6 nitrogen and oxygen atoms in total. The van der Waals surface area contributed by atoms with Gasteiger partial charge in [-0.15, -0.1) is 0 Å². The van der Waals surface area contributed by atoms with Gasteiger partial charge in [0.05, 0.1) is 11.5 Å². The molecule has 0 amide bonds. The highest BCUT2D eigenvalue weighted by Gasteiger charge is 2.23. The molecule has 0 saturated heterocycles. The summed E-state index contributed by atoms with van der Waals surface area (Å²) in [4.78, 5) is 24.9. The Balaban J connectivity index is 3.17. The van der Waals surface area contributed by atoms with E-state index in [-0.39, 0.29) is 18.0 Å². The van der Waals surface area contributed by atoms with Crippen LogP contribution < -0.4 is 0 Å². The van der Waals surface area contributed by atoms with E-state index in [0.29, 0.717) is 4.47 Å². The maximum absolute atomic E-state index is 11.3. The number of esters is 1. The van der Waals surface area contributed by atoms with Crippen LogP contribution in [0.3, 0.4) is 0 Å². The average molecular weight is 275 g/mol. The summed E-state index contributed by atoms with van der Waals surface area (Å²) in [7, 11) is 0. The molecule has 1 aromatic heterocycles. The monoisotopic (exact) mass is 274 g/mol. The van der Waals surface area contributed by atoms with Gasteiger partial charge in [0.2, 0.25) is 5.69 Å². The summed E-state index contributed by atoms with van der Waals surface area (Å²) < 4.78 is 5.07. The van der Waals surface area contributed by atoms with Gasteiger partial charge in [-0.1, -0.05) is 0 Å². The molecule has 0 fully saturated rings. The lowest BCUT2D eigenvalue weighted by Crippen LogP contribution is -2.10. The van der Waals surface area contributed by atoms with Crippen molar-refractivity contribution in [3.8, 4) is 0 Å². The quantitative estimate of drug-likeness (QED) is 0.478. The second kappa shape index (κ2) is 4.83. The van der Waals surface area contributed by atoms with Gasteiger partial charge in [0, 0.05) is 16.7 Å². The number of carbonyl (C=O) groups excluding carboxylic acids is 1. The predicted octanol–water partition coefficient (Wildman–Crippen LogP) is 1.93. The number of nitro groups is 1. The van der Waals surface area contributed by atoms with E-state index in [1.54, 1.807) is 6.92 Å². The van der Waals surface area contributed by atoms with Crippen LogP contribution >= 0.6 is 15.9 Å². The molecule has 1 rings (SSSR count). The van der Waals surface area contributed by atoms with Crippen LogP contribution in [0.4, 0.5) is 5.69 Å². The first-order valence-corrected chi connectivity index (χ1v) is 4.82. The van der Waals surface area contributed by atoms with E-state index in [4.69, 9.17) is 0 Å². The Kier molecular flexibility index (Phi) is 3.73. The van der Waals surface area contributed by atoms with Gasteiger partial charge in [0.1, 0.15) is 0 Å². The van der Waals surface area contributed by atoms with Gasteiger partial charge < -0.3 is 4.74 Å². The number of hydrogen-bond acceptors (Lipinski definition) is 5. The zero-order valence-corrected chi connectivity index (χ0v) is 9.35. The molecule has 0 aliphatic rings. The van der Waals surface area contributed by atoms with Gasteiger partial charge >= 0.3 is 11.7 Å². The SMILES string of the molecule is CCOC(=O)c1ncc(Br)cc1[N+](=O)[O-]. The van der Waals surface area contributed by atoms with Crippen molar-refractivity contribution < 1.29 is 14.5 Å². The Hall–Kier alpha value is -1.50. The zero-order chi connectivity index (χ0) is 11.4. The molecular formula is C8H7BrN2O4. The molecule has 0 aromatic carbocycles. The van der Waals surface area contributed by atoms with Gasteiger partial charge in [-0.05, 0) is 22.9 Å². The fourth-order valence-electron chi connectivity index (χ4n) is 0.924. The molecule has 0 aliphatic carbocycles. The van der Waals surface area contributed by atoms with Gasteiger partial charge in [-0.3, -0.25) is 10.1 Å². The maximum atomic E-state index is 11.3. The van der Waals surface area contributed by atoms with E-state index in [1.807, 2.05) is 0 Å². The Bertz CT molecular complexity index is 408. The molecule has 1 aromatic rings. The minimum atomic E-state index is -0.795. The predicted molar refractivity (Wildman–Crippen MR) is 54.5 cm³/mol. The molecule has 1 heterocycles. The Morgan fingerprint density at radius 1 is 1.73 bits per heavy atom. The number of pyridine rings is 1. The fraction of sp³-hybridized carbons (Fsp3) is 0.250. The normalized spacial score (nSPS) is 9.73. The molecule has 0 atom stereocenters. The number of aromatic nitrogens is 1. The molecule has 0 saturated carbocycles. The van der Waals surface area contributed by atoms with Crippen LogP contribution in [-0.2, 0) is 4.74 Å². The highest BCUT2D eigenvalue weighted by Crippen LogP contribution is 2.21. The van der Waals surface area contributed by atoms with Crippen LogP contribution in [0.15, 0.2) is 16.7 Å². The summed E-state index contributed by atoms with van der Waals surface area (Å²) in [5, 5.41) is 10.6. The van der Waals surface area contributed by atoms with E-state index in [1.165, 1.54) is 12.3 Å². The first-order valence-electron chi connectivity index (χ1n) is 4.03. The average Bonchev–Trinajstić information content (AvgIpc) is 2.17. The van der Waals surface area contributed by atoms with E-state index in [0.717, 1.165) is 0 Å². The van der Waals surface area contributed by atoms with E-state index < -0.39 is 10.9 Å². The first kappa shape index (κ1) is 11.6. The molecule has 0 spiro atoms. The summed E-state index contributed by atoms with van der Waals surface area (Å²) in [5.74, 6) is -0.795. The van der Waals surface area contributed by atoms with Crippen LogP contribution in [-0.4, -0.2) is 22.5 Å². The Labute approximate surface area is 93.5 Å². The molecule has 0 N–H and O–H groups in total. The number of hydrogen-bond donors (Lipinski definition) is 0. The van der Waals surface area contributed by atoms with Crippen LogP contribution in [0.1, 0.15) is 17.4 Å². The second-order valence-corrected chi connectivity index (χ2v) is 3.41. The third-order valence-electron chi connectivity index (χ3n) is 1.50. The summed E-state index contributed by atoms with van der Waals surface area (Å²) >= 11 is 3.03. The lowest BCUT2D eigenvalue weighted by molar-refractivity contribution is -0.385. The van der Waals surface area contributed by atoms with Gasteiger partial charge in [-0.25, -0.2) is 9.78 Å². The third-order valence-corrected chi connectivity index (χ3v) is 1.93. The highest BCUT2D eigenvalue weighted by atomic mass is 79.9. The van der Waals surface area contributed by atoms with Crippen molar-refractivity contribution in [3.63, 3.8) is 0 Å².